The Morgan fingerprint density at radius 2 is 1.82 bits per heavy atom. The van der Waals surface area contributed by atoms with Crippen LogP contribution in [0.3, 0.4) is 0 Å². The van der Waals surface area contributed by atoms with E-state index in [0.717, 1.165) is 41.8 Å². The number of aliphatic imine (C=N–C) groups is 1. The number of benzene rings is 1. The van der Waals surface area contributed by atoms with Crippen LogP contribution in [0.5, 0.6) is 0 Å². The maximum absolute atomic E-state index is 12.7. The largest absolute Gasteiger partial charge is 0.456 e. The molecule has 2 aromatic rings. The van der Waals surface area contributed by atoms with Gasteiger partial charge in [0.25, 0.3) is 0 Å². The van der Waals surface area contributed by atoms with Crippen LogP contribution in [0.25, 0.3) is 0 Å². The van der Waals surface area contributed by atoms with E-state index in [-0.39, 0.29) is 11.5 Å². The molecule has 1 N–H and O–H groups in total. The lowest BCUT2D eigenvalue weighted by atomic mass is 9.62. The Labute approximate surface area is 197 Å². The van der Waals surface area contributed by atoms with E-state index in [2.05, 4.69) is 29.1 Å². The van der Waals surface area contributed by atoms with Gasteiger partial charge in [-0.15, -0.1) is 0 Å². The van der Waals surface area contributed by atoms with Gasteiger partial charge in [-0.2, -0.15) is 0 Å². The second-order valence-electron chi connectivity index (χ2n) is 11.3. The Balaban J connectivity index is 1.62. The lowest BCUT2D eigenvalue weighted by Crippen LogP contribution is -2.45. The second-order valence-corrected chi connectivity index (χ2v) is 11.3. The zero-order valence-electron chi connectivity index (χ0n) is 20.5. The first-order valence-electron chi connectivity index (χ1n) is 12.0. The van der Waals surface area contributed by atoms with E-state index in [1.54, 1.807) is 18.6 Å². The number of hydrogen-bond acceptors (Lipinski definition) is 6. The van der Waals surface area contributed by atoms with Gasteiger partial charge in [-0.1, -0.05) is 6.92 Å². The van der Waals surface area contributed by atoms with Crippen LogP contribution >= 0.6 is 0 Å². The predicted molar refractivity (Wildman–Crippen MR) is 132 cm³/mol. The van der Waals surface area contributed by atoms with Crippen molar-refractivity contribution in [1.29, 1.82) is 0 Å². The quantitative estimate of drug-likeness (QED) is 0.435. The summed E-state index contributed by atoms with van der Waals surface area (Å²) < 4.78 is 5.58. The van der Waals surface area contributed by atoms with Gasteiger partial charge in [0.2, 0.25) is 0 Å². The Kier molecular flexibility index (Phi) is 6.55. The Hall–Kier alpha value is -2.76. The molecule has 1 aromatic carbocycles. The number of carbonyl (C=O) groups excluding carboxylic acids is 1. The summed E-state index contributed by atoms with van der Waals surface area (Å²) in [6.45, 7) is 10.3. The van der Waals surface area contributed by atoms with Crippen molar-refractivity contribution in [2.75, 3.05) is 5.32 Å². The number of fused-ring (bicyclic) bond motifs is 2. The number of aromatic nitrogens is 2. The highest BCUT2D eigenvalue weighted by atomic mass is 16.6. The number of hydrogen-bond donors (Lipinski definition) is 1. The average molecular weight is 449 g/mol. The third-order valence-electron chi connectivity index (χ3n) is 6.62. The van der Waals surface area contributed by atoms with Crippen LogP contribution in [-0.4, -0.2) is 33.3 Å². The van der Waals surface area contributed by atoms with Crippen LogP contribution in [0, 0.1) is 17.8 Å². The zero-order chi connectivity index (χ0) is 23.6. The first kappa shape index (κ1) is 23.4. The van der Waals surface area contributed by atoms with E-state index in [0.29, 0.717) is 11.3 Å². The topological polar surface area (TPSA) is 76.5 Å². The molecule has 1 heterocycles. The lowest BCUT2D eigenvalue weighted by Gasteiger charge is -2.48. The SMILES string of the molecule is CC1CC2CC(C1)CC(C)(Nc1ccc(C(=O)OC(C)(C)C)cc1N=Cc1cncnc1)C2. The molecule has 0 aliphatic heterocycles. The molecule has 2 aliphatic rings. The first-order valence-corrected chi connectivity index (χ1v) is 12.0. The molecule has 1 aromatic heterocycles. The molecule has 2 fully saturated rings. The van der Waals surface area contributed by atoms with Crippen molar-refractivity contribution in [2.24, 2.45) is 22.7 Å². The van der Waals surface area contributed by atoms with Gasteiger partial charge >= 0.3 is 5.97 Å². The van der Waals surface area contributed by atoms with Crippen LogP contribution < -0.4 is 5.32 Å². The van der Waals surface area contributed by atoms with Crippen LogP contribution in [0.1, 0.15) is 82.6 Å². The molecular formula is C27H36N4O2. The van der Waals surface area contributed by atoms with E-state index in [1.165, 1.54) is 25.6 Å². The van der Waals surface area contributed by atoms with E-state index < -0.39 is 5.60 Å². The lowest BCUT2D eigenvalue weighted by molar-refractivity contribution is 0.00696. The van der Waals surface area contributed by atoms with Crippen LogP contribution in [-0.2, 0) is 4.74 Å². The maximum atomic E-state index is 12.7. The molecule has 0 spiro atoms. The van der Waals surface area contributed by atoms with Gasteiger partial charge in [-0.25, -0.2) is 14.8 Å². The van der Waals surface area contributed by atoms with Crippen molar-refractivity contribution >= 4 is 23.6 Å². The minimum Gasteiger partial charge on any atom is -0.456 e. The van der Waals surface area contributed by atoms with Crippen LogP contribution in [0.2, 0.25) is 0 Å². The second kappa shape index (κ2) is 9.24. The fourth-order valence-electron chi connectivity index (χ4n) is 5.75. The van der Waals surface area contributed by atoms with Gasteiger partial charge in [0.05, 0.1) is 16.9 Å². The molecule has 2 bridgehead atoms. The fourth-order valence-corrected chi connectivity index (χ4v) is 5.75. The average Bonchev–Trinajstić information content (AvgIpc) is 2.71. The van der Waals surface area contributed by atoms with Gasteiger partial charge in [-0.3, -0.25) is 4.99 Å². The summed E-state index contributed by atoms with van der Waals surface area (Å²) in [6, 6.07) is 5.60. The van der Waals surface area contributed by atoms with E-state index in [1.807, 2.05) is 39.0 Å². The molecule has 33 heavy (non-hydrogen) atoms. The number of rotatable bonds is 5. The highest BCUT2D eigenvalue weighted by Gasteiger charge is 2.41. The third-order valence-corrected chi connectivity index (χ3v) is 6.62. The molecule has 2 atom stereocenters. The summed E-state index contributed by atoms with van der Waals surface area (Å²) in [4.78, 5) is 25.5. The molecule has 176 valence electrons. The van der Waals surface area contributed by atoms with Crippen molar-refractivity contribution in [3.05, 3.63) is 48.0 Å². The Bertz CT molecular complexity index is 995. The summed E-state index contributed by atoms with van der Waals surface area (Å²) in [5.74, 6) is 2.04. The normalized spacial score (nSPS) is 27.4. The summed E-state index contributed by atoms with van der Waals surface area (Å²) in [6.07, 6.45) is 13.0. The smallest absolute Gasteiger partial charge is 0.338 e. The monoisotopic (exact) mass is 448 g/mol. The van der Waals surface area contributed by atoms with Crippen molar-refractivity contribution in [3.8, 4) is 0 Å². The summed E-state index contributed by atoms with van der Waals surface area (Å²) >= 11 is 0. The number of ether oxygens (including phenoxy) is 1. The molecular weight excluding hydrogens is 412 g/mol. The maximum Gasteiger partial charge on any atom is 0.338 e. The minimum atomic E-state index is -0.552. The first-order chi connectivity index (χ1) is 15.6. The summed E-state index contributed by atoms with van der Waals surface area (Å²) in [7, 11) is 0. The number of anilines is 1. The minimum absolute atomic E-state index is 0.0152. The van der Waals surface area contributed by atoms with Crippen molar-refractivity contribution in [3.63, 3.8) is 0 Å². The number of nitrogens with zero attached hydrogens (tertiary/aromatic N) is 3. The molecule has 0 radical (unpaired) electrons. The highest BCUT2D eigenvalue weighted by Crippen LogP contribution is 2.48. The number of esters is 1. The van der Waals surface area contributed by atoms with Crippen molar-refractivity contribution < 1.29 is 9.53 Å². The van der Waals surface area contributed by atoms with Gasteiger partial charge < -0.3 is 10.1 Å². The van der Waals surface area contributed by atoms with Gasteiger partial charge in [0.15, 0.2) is 0 Å². The fraction of sp³-hybridized carbons (Fsp3) is 0.556. The molecule has 0 saturated heterocycles. The molecule has 0 amide bonds. The van der Waals surface area contributed by atoms with E-state index in [9.17, 15) is 4.79 Å². The molecule has 2 aliphatic carbocycles. The number of carbonyl (C=O) groups is 1. The molecule has 2 unspecified atom stereocenters. The van der Waals surface area contributed by atoms with Crippen LogP contribution in [0.4, 0.5) is 11.4 Å². The third kappa shape index (κ3) is 6.18. The molecule has 4 rings (SSSR count). The van der Waals surface area contributed by atoms with Crippen molar-refractivity contribution in [2.45, 2.75) is 77.9 Å². The Morgan fingerprint density at radius 3 is 2.45 bits per heavy atom. The van der Waals surface area contributed by atoms with Crippen molar-refractivity contribution in [1.82, 2.24) is 9.97 Å². The summed E-state index contributed by atoms with van der Waals surface area (Å²) in [5, 5.41) is 3.82. The van der Waals surface area contributed by atoms with Crippen LogP contribution in [0.15, 0.2) is 41.9 Å². The standard InChI is InChI=1S/C27H36N4O2/c1-18-8-19-10-20(9-18)13-27(5,12-19)31-23-7-6-22(25(32)33-26(2,3)4)11-24(23)30-16-21-14-28-17-29-15-21/h6-7,11,14-20,31H,8-10,12-13H2,1-5H3. The van der Waals surface area contributed by atoms with Gasteiger partial charge in [0, 0.05) is 29.7 Å². The zero-order valence-corrected chi connectivity index (χ0v) is 20.5. The molecule has 2 saturated carbocycles. The van der Waals surface area contributed by atoms with Gasteiger partial charge in [0.1, 0.15) is 11.9 Å². The molecule has 6 heteroatoms. The van der Waals surface area contributed by atoms with Gasteiger partial charge in [-0.05, 0) is 95.8 Å². The Morgan fingerprint density at radius 1 is 1.15 bits per heavy atom. The highest BCUT2D eigenvalue weighted by molar-refractivity contribution is 5.93. The molecule has 6 nitrogen and oxygen atoms in total. The number of nitrogens with one attached hydrogen (secondary N) is 1. The summed E-state index contributed by atoms with van der Waals surface area (Å²) in [5.41, 5.74) is 2.41. The van der Waals surface area contributed by atoms with E-state index in [4.69, 9.17) is 9.73 Å². The van der Waals surface area contributed by atoms with E-state index >= 15 is 0 Å². The predicted octanol–water partition coefficient (Wildman–Crippen LogP) is 6.20.